The second kappa shape index (κ2) is 7.75. The van der Waals surface area contributed by atoms with Gasteiger partial charge in [0.15, 0.2) is 0 Å². The molecule has 68 valence electrons. The van der Waals surface area contributed by atoms with Crippen LogP contribution < -0.4 is 0 Å². The topological polar surface area (TPSA) is 34.1 Å². The summed E-state index contributed by atoms with van der Waals surface area (Å²) in [5.74, 6) is -0.125. The van der Waals surface area contributed by atoms with Crippen LogP contribution in [0.2, 0.25) is 0 Å². The van der Waals surface area contributed by atoms with Crippen molar-refractivity contribution in [1.82, 2.24) is 0 Å². The van der Waals surface area contributed by atoms with Gasteiger partial charge in [-0.25, -0.2) is 0 Å². The molecule has 0 radical (unpaired) electrons. The molecule has 0 aliphatic carbocycles. The number of carbonyl (C=O) groups is 2. The van der Waals surface area contributed by atoms with Crippen molar-refractivity contribution in [3.63, 3.8) is 0 Å². The molecule has 0 saturated heterocycles. The van der Waals surface area contributed by atoms with E-state index in [1.165, 1.54) is 13.8 Å². The van der Waals surface area contributed by atoms with Gasteiger partial charge < -0.3 is 0 Å². The molecule has 6 heteroatoms. The molecular formula is C5H8F3MnO2. The third-order valence-corrected chi connectivity index (χ3v) is 0.498. The SMILES string of the molecule is CC(=O)CC(C)=O.[F][Mn]([F])[F]. The molecule has 0 aromatic rings. The van der Waals surface area contributed by atoms with Gasteiger partial charge in [-0.3, -0.25) is 9.59 Å². The van der Waals surface area contributed by atoms with Crippen LogP contribution in [0.1, 0.15) is 20.3 Å². The van der Waals surface area contributed by atoms with Crippen LogP contribution in [-0.4, -0.2) is 11.6 Å². The molecule has 0 N–H and O–H groups in total. The molecule has 2 nitrogen and oxygen atoms in total. The number of rotatable bonds is 2. The van der Waals surface area contributed by atoms with Crippen molar-refractivity contribution in [2.75, 3.05) is 0 Å². The van der Waals surface area contributed by atoms with Crippen LogP contribution in [0.4, 0.5) is 10.7 Å². The summed E-state index contributed by atoms with van der Waals surface area (Å²) in [6, 6.07) is 0. The van der Waals surface area contributed by atoms with E-state index < -0.39 is 15.3 Å². The summed E-state index contributed by atoms with van der Waals surface area (Å²) in [6.45, 7) is 2.81. The molecule has 0 aliphatic rings. The van der Waals surface area contributed by atoms with Gasteiger partial charge in [0.25, 0.3) is 0 Å². The Morgan fingerprint density at radius 2 is 1.27 bits per heavy atom. The first-order valence-corrected chi connectivity index (χ1v) is 3.88. The fourth-order valence-electron chi connectivity index (χ4n) is 0.351. The van der Waals surface area contributed by atoms with Crippen LogP contribution in [0.25, 0.3) is 0 Å². The van der Waals surface area contributed by atoms with Crippen LogP contribution in [-0.2, 0) is 24.9 Å². The van der Waals surface area contributed by atoms with Crippen molar-refractivity contribution in [3.8, 4) is 0 Å². The first kappa shape index (κ1) is 13.3. The monoisotopic (exact) mass is 212 g/mol. The molecule has 0 aromatic carbocycles. The van der Waals surface area contributed by atoms with Gasteiger partial charge in [-0.15, -0.1) is 0 Å². The minimum absolute atomic E-state index is 0.0625. The van der Waals surface area contributed by atoms with Crippen molar-refractivity contribution in [3.05, 3.63) is 0 Å². The molecule has 0 bridgehead atoms. The minimum atomic E-state index is -4.40. The molecule has 0 heterocycles. The quantitative estimate of drug-likeness (QED) is 0.516. The van der Waals surface area contributed by atoms with E-state index in [2.05, 4.69) is 0 Å². The standard InChI is InChI=1S/C5H8O2.3FH.Mn/c1-4(6)3-5(2)7;;;;/h3H2,1-2H3;3*1H;/q;;;;+3/p-3. The Morgan fingerprint density at radius 3 is 1.27 bits per heavy atom. The molecule has 0 amide bonds. The molecule has 0 spiro atoms. The van der Waals surface area contributed by atoms with Crippen LogP contribution in [0, 0.1) is 0 Å². The van der Waals surface area contributed by atoms with Crippen molar-refractivity contribution in [2.24, 2.45) is 0 Å². The maximum absolute atomic E-state index is 10.0. The zero-order valence-corrected chi connectivity index (χ0v) is 7.22. The van der Waals surface area contributed by atoms with Gasteiger partial charge in [-0.2, -0.15) is 0 Å². The molecule has 0 fully saturated rings. The fourth-order valence-corrected chi connectivity index (χ4v) is 0.351. The predicted molar refractivity (Wildman–Crippen MR) is 29.3 cm³/mol. The Bertz CT molecular complexity index is 123. The molecule has 0 aromatic heterocycles. The molecule has 0 aliphatic heterocycles. The number of Topliss-reactive ketones (excluding diaryl/α,β-unsaturated/α-hetero) is 2. The van der Waals surface area contributed by atoms with E-state index in [0.717, 1.165) is 0 Å². The van der Waals surface area contributed by atoms with Crippen LogP contribution in [0.5, 0.6) is 0 Å². The van der Waals surface area contributed by atoms with Gasteiger partial charge >= 0.3 is 25.9 Å². The molecule has 0 atom stereocenters. The second-order valence-electron chi connectivity index (χ2n) is 1.74. The zero-order valence-electron chi connectivity index (χ0n) is 6.04. The molecule has 11 heavy (non-hydrogen) atoms. The molecule has 0 saturated carbocycles. The summed E-state index contributed by atoms with van der Waals surface area (Å²) < 4.78 is 29.3. The average Bonchev–Trinajstić information content (AvgIpc) is 1.56. The predicted octanol–water partition coefficient (Wildman–Crippen LogP) is 1.81. The van der Waals surface area contributed by atoms with Crippen molar-refractivity contribution in [1.29, 1.82) is 0 Å². The number of halogens is 3. The van der Waals surface area contributed by atoms with E-state index in [9.17, 15) is 20.2 Å². The summed E-state index contributed by atoms with van der Waals surface area (Å²) in [5, 5.41) is 0. The molecule has 0 rings (SSSR count). The molecular weight excluding hydrogens is 204 g/mol. The first-order valence-electron chi connectivity index (χ1n) is 2.54. The third-order valence-electron chi connectivity index (χ3n) is 0.498. The van der Waals surface area contributed by atoms with Gasteiger partial charge in [-0.05, 0) is 13.8 Å². The summed E-state index contributed by atoms with van der Waals surface area (Å²) in [7, 11) is 0. The van der Waals surface area contributed by atoms with Crippen LogP contribution in [0.15, 0.2) is 0 Å². The van der Waals surface area contributed by atoms with Gasteiger partial charge in [0.2, 0.25) is 0 Å². The first-order chi connectivity index (χ1) is 4.86. The third kappa shape index (κ3) is 42.4. The Balaban J connectivity index is 0. The van der Waals surface area contributed by atoms with Gasteiger partial charge in [0.1, 0.15) is 11.6 Å². The summed E-state index contributed by atoms with van der Waals surface area (Å²) >= 11 is -4.40. The van der Waals surface area contributed by atoms with E-state index in [4.69, 9.17) is 0 Å². The van der Waals surface area contributed by atoms with Gasteiger partial charge in [0.05, 0.1) is 6.42 Å². The van der Waals surface area contributed by atoms with Crippen molar-refractivity contribution >= 4 is 11.6 Å². The Morgan fingerprint density at radius 1 is 1.09 bits per heavy atom. The number of hydrogen-bond donors (Lipinski definition) is 0. The summed E-state index contributed by atoms with van der Waals surface area (Å²) in [6.07, 6.45) is 0.0833. The van der Waals surface area contributed by atoms with Crippen LogP contribution >= 0.6 is 0 Å². The van der Waals surface area contributed by atoms with E-state index in [1.54, 1.807) is 0 Å². The zero-order chi connectivity index (χ0) is 9.44. The number of carbonyl (C=O) groups excluding carboxylic acids is 2. The van der Waals surface area contributed by atoms with E-state index in [-0.39, 0.29) is 18.0 Å². The van der Waals surface area contributed by atoms with E-state index in [0.29, 0.717) is 0 Å². The molecule has 0 unspecified atom stereocenters. The number of ketones is 2. The average molecular weight is 212 g/mol. The van der Waals surface area contributed by atoms with E-state index in [1.807, 2.05) is 0 Å². The van der Waals surface area contributed by atoms with Crippen molar-refractivity contribution in [2.45, 2.75) is 20.3 Å². The summed E-state index contributed by atoms with van der Waals surface area (Å²) in [5.41, 5.74) is 0. The van der Waals surface area contributed by atoms with Gasteiger partial charge in [-0.1, -0.05) is 0 Å². The maximum atomic E-state index is 10.0. The van der Waals surface area contributed by atoms with Crippen molar-refractivity contribution < 1.29 is 35.5 Å². The Hall–Kier alpha value is -0.351. The van der Waals surface area contributed by atoms with E-state index >= 15 is 0 Å². The van der Waals surface area contributed by atoms with Crippen LogP contribution in [0.3, 0.4) is 0 Å². The Labute approximate surface area is 68.0 Å². The summed E-state index contributed by atoms with van der Waals surface area (Å²) in [4.78, 5) is 20.1. The Kier molecular flexibility index (Phi) is 9.34. The van der Waals surface area contributed by atoms with Gasteiger partial charge in [0, 0.05) is 0 Å². The number of hydrogen-bond acceptors (Lipinski definition) is 2. The second-order valence-corrected chi connectivity index (χ2v) is 2.25. The fraction of sp³-hybridized carbons (Fsp3) is 0.600. The normalized spacial score (nSPS) is 9.36.